The van der Waals surface area contributed by atoms with Gasteiger partial charge >= 0.3 is 11.9 Å². The zero-order valence-corrected chi connectivity index (χ0v) is 38.1. The molecule has 0 radical (unpaired) electrons. The number of hydrogen-bond acceptors (Lipinski definition) is 13. The van der Waals surface area contributed by atoms with Crippen LogP contribution in [-0.4, -0.2) is 106 Å². The number of rotatable bonds is 25. The van der Waals surface area contributed by atoms with Gasteiger partial charge in [0.1, 0.15) is 5.75 Å². The van der Waals surface area contributed by atoms with Crippen molar-refractivity contribution in [3.05, 3.63) is 112 Å². The molecule has 0 bridgehead atoms. The lowest BCUT2D eigenvalue weighted by Gasteiger charge is -2.38. The van der Waals surface area contributed by atoms with Gasteiger partial charge in [0.2, 0.25) is 0 Å². The molecule has 340 valence electrons. The standard InChI is InChI=1S/C50H64N2O11/c1-34-27-37(14-11-35-12-15-42(55-2)45(29-35)58-5)38(31-44(34)57-4)19-22-51-21-9-25-62-49(53)17-18-50(54)63-26-10-23-52-24-20-39-32-47(60-7)48(61-8)33-40(39)41(52)28-36-13-16-43(56-3)46(30-36)59-6/h12-13,15-18,27,29-33,41,51H,9-11,14,19-26,28H2,1-8H3/b18-17+/t41-/m1/s1. The molecule has 63 heavy (non-hydrogen) atoms. The number of nitrogens with zero attached hydrogens (tertiary/aromatic N) is 1. The number of ether oxygens (including phenoxy) is 9. The van der Waals surface area contributed by atoms with Crippen LogP contribution < -0.4 is 38.5 Å². The largest absolute Gasteiger partial charge is 0.496 e. The molecule has 1 aliphatic rings. The fourth-order valence-corrected chi connectivity index (χ4v) is 8.00. The molecule has 0 saturated heterocycles. The summed E-state index contributed by atoms with van der Waals surface area (Å²) >= 11 is 0. The van der Waals surface area contributed by atoms with Crippen LogP contribution in [0.4, 0.5) is 0 Å². The molecule has 1 aliphatic heterocycles. The van der Waals surface area contributed by atoms with E-state index in [0.717, 1.165) is 80.0 Å². The maximum Gasteiger partial charge on any atom is 0.331 e. The molecule has 0 saturated carbocycles. The van der Waals surface area contributed by atoms with Gasteiger partial charge in [0.05, 0.1) is 63.0 Å². The first-order valence-electron chi connectivity index (χ1n) is 21.4. The fraction of sp³-hybridized carbons (Fsp3) is 0.440. The molecule has 0 unspecified atom stereocenters. The van der Waals surface area contributed by atoms with E-state index in [4.69, 9.17) is 42.6 Å². The topological polar surface area (TPSA) is 132 Å². The van der Waals surface area contributed by atoms with E-state index in [1.54, 1.807) is 49.8 Å². The molecule has 0 fully saturated rings. The molecule has 1 heterocycles. The molecule has 13 nitrogen and oxygen atoms in total. The van der Waals surface area contributed by atoms with E-state index in [1.807, 2.05) is 24.3 Å². The third-order valence-electron chi connectivity index (χ3n) is 11.3. The number of fused-ring (bicyclic) bond motifs is 1. The third kappa shape index (κ3) is 13.5. The monoisotopic (exact) mass is 868 g/mol. The highest BCUT2D eigenvalue weighted by atomic mass is 16.5. The van der Waals surface area contributed by atoms with Gasteiger partial charge in [0.25, 0.3) is 0 Å². The molecule has 0 aromatic heterocycles. The van der Waals surface area contributed by atoms with Crippen molar-refractivity contribution in [1.29, 1.82) is 0 Å². The summed E-state index contributed by atoms with van der Waals surface area (Å²) in [5.74, 6) is 3.85. The quantitative estimate of drug-likeness (QED) is 0.0408. The number of hydrogen-bond donors (Lipinski definition) is 1. The molecule has 5 rings (SSSR count). The summed E-state index contributed by atoms with van der Waals surface area (Å²) < 4.78 is 49.6. The first-order valence-corrected chi connectivity index (χ1v) is 21.4. The van der Waals surface area contributed by atoms with Gasteiger partial charge in [-0.3, -0.25) is 4.90 Å². The number of carbonyl (C=O) groups excluding carboxylic acids is 2. The smallest absolute Gasteiger partial charge is 0.331 e. The number of nitrogens with one attached hydrogen (secondary N) is 1. The average Bonchev–Trinajstić information content (AvgIpc) is 3.31. The second kappa shape index (κ2) is 24.6. The summed E-state index contributed by atoms with van der Waals surface area (Å²) in [6.07, 6.45) is 7.58. The second-order valence-electron chi connectivity index (χ2n) is 15.3. The Balaban J connectivity index is 1.03. The predicted octanol–water partition coefficient (Wildman–Crippen LogP) is 7.24. The highest BCUT2D eigenvalue weighted by molar-refractivity contribution is 5.91. The summed E-state index contributed by atoms with van der Waals surface area (Å²) in [7, 11) is 11.5. The third-order valence-corrected chi connectivity index (χ3v) is 11.3. The van der Waals surface area contributed by atoms with Crippen molar-refractivity contribution >= 4 is 11.9 Å². The normalized spacial score (nSPS) is 13.6. The lowest BCUT2D eigenvalue weighted by atomic mass is 9.88. The Kier molecular flexibility index (Phi) is 18.8. The van der Waals surface area contributed by atoms with Gasteiger partial charge in [-0.05, 0) is 146 Å². The highest BCUT2D eigenvalue weighted by Gasteiger charge is 2.29. The van der Waals surface area contributed by atoms with E-state index in [0.29, 0.717) is 54.7 Å². The van der Waals surface area contributed by atoms with Crippen LogP contribution in [0.15, 0.2) is 72.8 Å². The minimum absolute atomic E-state index is 0.0319. The van der Waals surface area contributed by atoms with Crippen molar-refractivity contribution in [3.63, 3.8) is 0 Å². The number of carbonyl (C=O) groups is 2. The van der Waals surface area contributed by atoms with Gasteiger partial charge in [-0.1, -0.05) is 18.2 Å². The predicted molar refractivity (Wildman–Crippen MR) is 242 cm³/mol. The Hall–Kier alpha value is -5.92. The molecule has 0 aliphatic carbocycles. The Bertz CT molecular complexity index is 2150. The van der Waals surface area contributed by atoms with E-state index < -0.39 is 11.9 Å². The molecule has 1 atom stereocenters. The highest BCUT2D eigenvalue weighted by Crippen LogP contribution is 2.40. The number of aryl methyl sites for hydroxylation is 3. The van der Waals surface area contributed by atoms with Crippen LogP contribution in [0.3, 0.4) is 0 Å². The first kappa shape index (κ1) is 48.1. The molecule has 4 aromatic rings. The first-order chi connectivity index (χ1) is 30.6. The van der Waals surface area contributed by atoms with Crippen molar-refractivity contribution in [2.75, 3.05) is 89.2 Å². The van der Waals surface area contributed by atoms with Crippen molar-refractivity contribution in [2.45, 2.75) is 57.9 Å². The van der Waals surface area contributed by atoms with E-state index in [1.165, 1.54) is 27.8 Å². The number of benzene rings is 4. The molecular weight excluding hydrogens is 805 g/mol. The van der Waals surface area contributed by atoms with Gasteiger partial charge in [-0.25, -0.2) is 9.59 Å². The van der Waals surface area contributed by atoms with Gasteiger partial charge in [-0.15, -0.1) is 0 Å². The molecular formula is C50H64N2O11. The van der Waals surface area contributed by atoms with Crippen molar-refractivity contribution in [1.82, 2.24) is 10.2 Å². The summed E-state index contributed by atoms with van der Waals surface area (Å²) in [5, 5.41) is 3.45. The number of methoxy groups -OCH3 is 7. The zero-order valence-electron chi connectivity index (χ0n) is 38.1. The molecule has 4 aromatic carbocycles. The summed E-state index contributed by atoms with van der Waals surface area (Å²) in [6.45, 7) is 5.43. The summed E-state index contributed by atoms with van der Waals surface area (Å²) in [4.78, 5) is 27.3. The summed E-state index contributed by atoms with van der Waals surface area (Å²) in [5.41, 5.74) is 8.24. The SMILES string of the molecule is COc1cc(CCNCCCOC(=O)/C=C/C(=O)OCCCN2CCc3cc(OC)c(OC)cc3[C@H]2Cc2ccc(OC)c(OC)c2)c(CCc2ccc(OC)c(OC)c2)cc1C. The molecule has 0 spiro atoms. The molecule has 0 amide bonds. The van der Waals surface area contributed by atoms with Gasteiger partial charge in [-0.2, -0.15) is 0 Å². The van der Waals surface area contributed by atoms with E-state index >= 15 is 0 Å². The van der Waals surface area contributed by atoms with Crippen molar-refractivity contribution < 1.29 is 52.2 Å². The van der Waals surface area contributed by atoms with E-state index in [2.05, 4.69) is 53.5 Å². The zero-order chi connectivity index (χ0) is 45.1. The molecule has 1 N–H and O–H groups in total. The lowest BCUT2D eigenvalue weighted by Crippen LogP contribution is -2.37. The van der Waals surface area contributed by atoms with Crippen molar-refractivity contribution in [2.24, 2.45) is 0 Å². The molecule has 13 heteroatoms. The van der Waals surface area contributed by atoms with Crippen LogP contribution in [0, 0.1) is 6.92 Å². The second-order valence-corrected chi connectivity index (χ2v) is 15.3. The van der Waals surface area contributed by atoms with Crippen LogP contribution >= 0.6 is 0 Å². The van der Waals surface area contributed by atoms with Crippen LogP contribution in [-0.2, 0) is 51.2 Å². The lowest BCUT2D eigenvalue weighted by molar-refractivity contribution is -0.140. The van der Waals surface area contributed by atoms with Gasteiger partial charge < -0.3 is 47.9 Å². The fourth-order valence-electron chi connectivity index (χ4n) is 8.00. The van der Waals surface area contributed by atoms with Gasteiger partial charge in [0, 0.05) is 31.3 Å². The maximum absolute atomic E-state index is 12.5. The average molecular weight is 869 g/mol. The van der Waals surface area contributed by atoms with Crippen LogP contribution in [0.5, 0.6) is 40.2 Å². The number of esters is 2. The Labute approximate surface area is 372 Å². The minimum atomic E-state index is -0.591. The van der Waals surface area contributed by atoms with Crippen LogP contribution in [0.25, 0.3) is 0 Å². The van der Waals surface area contributed by atoms with Crippen LogP contribution in [0.1, 0.15) is 57.8 Å². The maximum atomic E-state index is 12.5. The van der Waals surface area contributed by atoms with Crippen molar-refractivity contribution in [3.8, 4) is 40.2 Å². The van der Waals surface area contributed by atoms with E-state index in [9.17, 15) is 9.59 Å². The Morgan fingerprint density at radius 3 is 1.79 bits per heavy atom. The van der Waals surface area contributed by atoms with Gasteiger partial charge in [0.15, 0.2) is 34.5 Å². The summed E-state index contributed by atoms with van der Waals surface area (Å²) in [6, 6.07) is 20.5. The van der Waals surface area contributed by atoms with Crippen LogP contribution in [0.2, 0.25) is 0 Å². The Morgan fingerprint density at radius 1 is 0.603 bits per heavy atom. The Morgan fingerprint density at radius 2 is 1.16 bits per heavy atom. The minimum Gasteiger partial charge on any atom is -0.496 e. The van der Waals surface area contributed by atoms with E-state index in [-0.39, 0.29) is 19.3 Å².